The van der Waals surface area contributed by atoms with Crippen LogP contribution in [0.25, 0.3) is 0 Å². The van der Waals surface area contributed by atoms with Crippen LogP contribution in [0.3, 0.4) is 0 Å². The molecular formula is C6H13IN2. The summed E-state index contributed by atoms with van der Waals surface area (Å²) >= 11 is 2.24. The predicted octanol–water partition coefficient (Wildman–Crippen LogP) is 0.876. The quantitative estimate of drug-likeness (QED) is 0.540. The smallest absolute Gasteiger partial charge is 0.0328 e. The maximum absolute atomic E-state index is 3.27. The minimum atomic E-state index is 0.704. The minimum Gasteiger partial charge on any atom is -0.304 e. The zero-order valence-corrected chi connectivity index (χ0v) is 8.05. The highest BCUT2D eigenvalue weighted by Crippen LogP contribution is 2.14. The molecule has 1 aliphatic heterocycles. The molecule has 0 radical (unpaired) electrons. The van der Waals surface area contributed by atoms with Crippen molar-refractivity contribution in [3.8, 4) is 0 Å². The Morgan fingerprint density at radius 2 is 2.22 bits per heavy atom. The van der Waals surface area contributed by atoms with Crippen molar-refractivity contribution in [2.45, 2.75) is 13.0 Å². The Hall–Kier alpha value is 0.650. The van der Waals surface area contributed by atoms with Crippen molar-refractivity contribution in [1.82, 2.24) is 8.43 Å². The van der Waals surface area contributed by atoms with Gasteiger partial charge in [-0.2, -0.15) is 0 Å². The van der Waals surface area contributed by atoms with E-state index in [2.05, 4.69) is 45.3 Å². The molecule has 0 bridgehead atoms. The topological polar surface area (TPSA) is 15.3 Å². The highest BCUT2D eigenvalue weighted by atomic mass is 127. The van der Waals surface area contributed by atoms with Gasteiger partial charge in [-0.15, -0.1) is 0 Å². The molecule has 3 heteroatoms. The second-order valence-electron chi connectivity index (χ2n) is 2.91. The normalized spacial score (nSPS) is 37.7. The van der Waals surface area contributed by atoms with Crippen LogP contribution >= 0.6 is 22.9 Å². The predicted molar refractivity (Wildman–Crippen MR) is 47.6 cm³/mol. The van der Waals surface area contributed by atoms with Crippen molar-refractivity contribution in [3.05, 3.63) is 0 Å². The van der Waals surface area contributed by atoms with Gasteiger partial charge in [0.15, 0.2) is 0 Å². The first-order valence-corrected chi connectivity index (χ1v) is 4.36. The maximum Gasteiger partial charge on any atom is 0.0328 e. The van der Waals surface area contributed by atoms with Gasteiger partial charge in [0, 0.05) is 42.0 Å². The number of likely N-dealkylation sites (tertiary alicyclic amines) is 1. The number of hydrogen-bond donors (Lipinski definition) is 1. The van der Waals surface area contributed by atoms with Gasteiger partial charge in [-0.1, -0.05) is 6.92 Å². The Labute approximate surface area is 70.5 Å². The van der Waals surface area contributed by atoms with Crippen molar-refractivity contribution in [2.75, 3.05) is 20.1 Å². The van der Waals surface area contributed by atoms with Gasteiger partial charge in [0.25, 0.3) is 0 Å². The van der Waals surface area contributed by atoms with Crippen molar-refractivity contribution < 1.29 is 0 Å². The van der Waals surface area contributed by atoms with Gasteiger partial charge < -0.3 is 4.90 Å². The number of rotatable bonds is 1. The summed E-state index contributed by atoms with van der Waals surface area (Å²) < 4.78 is 3.27. The van der Waals surface area contributed by atoms with Crippen LogP contribution in [0.15, 0.2) is 0 Å². The molecule has 0 spiro atoms. The Morgan fingerprint density at radius 1 is 1.56 bits per heavy atom. The molecule has 54 valence electrons. The Morgan fingerprint density at radius 3 is 2.44 bits per heavy atom. The van der Waals surface area contributed by atoms with Crippen molar-refractivity contribution >= 4 is 22.9 Å². The number of nitrogens with one attached hydrogen (secondary N) is 1. The molecule has 1 fully saturated rings. The fourth-order valence-electron chi connectivity index (χ4n) is 1.35. The summed E-state index contributed by atoms with van der Waals surface area (Å²) in [6.07, 6.45) is 0. The van der Waals surface area contributed by atoms with Crippen LogP contribution in [0.5, 0.6) is 0 Å². The molecule has 0 saturated carbocycles. The van der Waals surface area contributed by atoms with Gasteiger partial charge in [-0.05, 0) is 13.0 Å². The van der Waals surface area contributed by atoms with E-state index in [0.29, 0.717) is 6.04 Å². The van der Waals surface area contributed by atoms with Gasteiger partial charge in [-0.25, -0.2) is 0 Å². The van der Waals surface area contributed by atoms with Gasteiger partial charge in [0.05, 0.1) is 0 Å². The highest BCUT2D eigenvalue weighted by molar-refractivity contribution is 14.1. The van der Waals surface area contributed by atoms with Crippen molar-refractivity contribution in [1.29, 1.82) is 0 Å². The molecule has 2 unspecified atom stereocenters. The van der Waals surface area contributed by atoms with E-state index >= 15 is 0 Å². The number of likely N-dealkylation sites (N-methyl/N-ethyl adjacent to an activating group) is 1. The SMILES string of the molecule is CC1CN(C)CC1NI. The molecule has 1 rings (SSSR count). The van der Waals surface area contributed by atoms with Crippen LogP contribution in [0, 0.1) is 5.92 Å². The second-order valence-corrected chi connectivity index (χ2v) is 3.54. The average molecular weight is 240 g/mol. The van der Waals surface area contributed by atoms with Gasteiger partial charge in [0.2, 0.25) is 0 Å². The van der Waals surface area contributed by atoms with Crippen LogP contribution in [-0.2, 0) is 0 Å². The summed E-state index contributed by atoms with van der Waals surface area (Å²) in [5.74, 6) is 0.812. The summed E-state index contributed by atoms with van der Waals surface area (Å²) in [7, 11) is 2.17. The van der Waals surface area contributed by atoms with E-state index in [4.69, 9.17) is 0 Å². The summed E-state index contributed by atoms with van der Waals surface area (Å²) in [6, 6.07) is 0.704. The first-order chi connectivity index (χ1) is 4.24. The number of nitrogens with zero attached hydrogens (tertiary/aromatic N) is 1. The lowest BCUT2D eigenvalue weighted by atomic mass is 10.1. The van der Waals surface area contributed by atoms with Crippen LogP contribution in [0.1, 0.15) is 6.92 Å². The molecule has 0 amide bonds. The second kappa shape index (κ2) is 3.16. The largest absolute Gasteiger partial charge is 0.304 e. The summed E-state index contributed by atoms with van der Waals surface area (Å²) in [6.45, 7) is 4.73. The fourth-order valence-corrected chi connectivity index (χ4v) is 2.16. The van der Waals surface area contributed by atoms with Gasteiger partial charge >= 0.3 is 0 Å². The third kappa shape index (κ3) is 1.78. The Kier molecular flexibility index (Phi) is 2.73. The van der Waals surface area contributed by atoms with Crippen molar-refractivity contribution in [2.24, 2.45) is 5.92 Å². The fraction of sp³-hybridized carbons (Fsp3) is 1.00. The molecule has 0 aromatic heterocycles. The lowest BCUT2D eigenvalue weighted by Crippen LogP contribution is -2.27. The summed E-state index contributed by atoms with van der Waals surface area (Å²) in [5, 5.41) is 0. The van der Waals surface area contributed by atoms with E-state index in [1.807, 2.05) is 0 Å². The van der Waals surface area contributed by atoms with Crippen LogP contribution in [0.2, 0.25) is 0 Å². The molecule has 1 saturated heterocycles. The number of hydrogen-bond acceptors (Lipinski definition) is 2. The standard InChI is InChI=1S/C6H13IN2/c1-5-3-9(2)4-6(5)8-7/h5-6,8H,3-4H2,1-2H3. The molecule has 1 N–H and O–H groups in total. The summed E-state index contributed by atoms with van der Waals surface area (Å²) in [5.41, 5.74) is 0. The van der Waals surface area contributed by atoms with E-state index in [9.17, 15) is 0 Å². The van der Waals surface area contributed by atoms with E-state index in [1.54, 1.807) is 0 Å². The van der Waals surface area contributed by atoms with E-state index in [0.717, 1.165) is 5.92 Å². The first-order valence-electron chi connectivity index (χ1n) is 3.28. The summed E-state index contributed by atoms with van der Waals surface area (Å²) in [4.78, 5) is 2.36. The van der Waals surface area contributed by atoms with Crippen LogP contribution in [0.4, 0.5) is 0 Å². The molecule has 9 heavy (non-hydrogen) atoms. The number of halogens is 1. The average Bonchev–Trinajstić information content (AvgIpc) is 2.10. The lowest BCUT2D eigenvalue weighted by Gasteiger charge is -2.09. The third-order valence-electron chi connectivity index (χ3n) is 1.94. The van der Waals surface area contributed by atoms with E-state index in [1.165, 1.54) is 13.1 Å². The van der Waals surface area contributed by atoms with Gasteiger partial charge in [0.1, 0.15) is 0 Å². The monoisotopic (exact) mass is 240 g/mol. The zero-order chi connectivity index (χ0) is 6.85. The maximum atomic E-state index is 3.27. The third-order valence-corrected chi connectivity index (χ3v) is 2.74. The molecule has 1 heterocycles. The van der Waals surface area contributed by atoms with Gasteiger partial charge in [-0.3, -0.25) is 3.53 Å². The molecular weight excluding hydrogens is 227 g/mol. The van der Waals surface area contributed by atoms with Crippen LogP contribution < -0.4 is 3.53 Å². The molecule has 2 nitrogen and oxygen atoms in total. The van der Waals surface area contributed by atoms with E-state index < -0.39 is 0 Å². The Balaban J connectivity index is 2.38. The molecule has 1 aliphatic rings. The molecule has 2 atom stereocenters. The van der Waals surface area contributed by atoms with E-state index in [-0.39, 0.29) is 0 Å². The highest BCUT2D eigenvalue weighted by Gasteiger charge is 2.25. The lowest BCUT2D eigenvalue weighted by molar-refractivity contribution is 0.400. The molecule has 0 aromatic rings. The van der Waals surface area contributed by atoms with Crippen LogP contribution in [-0.4, -0.2) is 31.1 Å². The van der Waals surface area contributed by atoms with Crippen molar-refractivity contribution in [3.63, 3.8) is 0 Å². The molecule has 0 aromatic carbocycles. The zero-order valence-electron chi connectivity index (χ0n) is 5.89. The Bertz CT molecular complexity index is 97.1. The molecule has 0 aliphatic carbocycles. The minimum absolute atomic E-state index is 0.704. The first kappa shape index (κ1) is 7.75.